The second-order valence-corrected chi connectivity index (χ2v) is 7.92. The molecule has 0 saturated carbocycles. The van der Waals surface area contributed by atoms with Crippen molar-refractivity contribution >= 4 is 46.8 Å². The van der Waals surface area contributed by atoms with Gasteiger partial charge in [0, 0.05) is 18.2 Å². The fourth-order valence-electron chi connectivity index (χ4n) is 2.92. The molecule has 1 atom stereocenters. The Labute approximate surface area is 201 Å². The number of aromatic nitrogens is 1. The van der Waals surface area contributed by atoms with E-state index < -0.39 is 30.4 Å². The summed E-state index contributed by atoms with van der Waals surface area (Å²) in [5.41, 5.74) is 1.79. The van der Waals surface area contributed by atoms with Gasteiger partial charge in [0.05, 0.1) is 10.0 Å². The molecule has 9 heteroatoms. The number of hydrogen-bond acceptors (Lipinski definition) is 5. The van der Waals surface area contributed by atoms with Crippen molar-refractivity contribution in [2.75, 3.05) is 11.9 Å². The fourth-order valence-corrected chi connectivity index (χ4v) is 3.31. The van der Waals surface area contributed by atoms with Gasteiger partial charge in [0.25, 0.3) is 11.8 Å². The Bertz CT molecular complexity index is 1140. The molecule has 7 nitrogen and oxygen atoms in total. The van der Waals surface area contributed by atoms with Crippen LogP contribution in [0.1, 0.15) is 21.5 Å². The first-order valence-corrected chi connectivity index (χ1v) is 10.8. The normalized spacial score (nSPS) is 11.4. The summed E-state index contributed by atoms with van der Waals surface area (Å²) in [5, 5.41) is 5.73. The molecule has 33 heavy (non-hydrogen) atoms. The van der Waals surface area contributed by atoms with Crippen molar-refractivity contribution in [1.29, 1.82) is 0 Å². The second kappa shape index (κ2) is 11.4. The van der Waals surface area contributed by atoms with Crippen LogP contribution in [0.3, 0.4) is 0 Å². The van der Waals surface area contributed by atoms with E-state index in [-0.39, 0.29) is 17.3 Å². The highest BCUT2D eigenvalue weighted by Gasteiger charge is 2.24. The van der Waals surface area contributed by atoms with E-state index in [0.717, 1.165) is 5.56 Å². The van der Waals surface area contributed by atoms with Gasteiger partial charge in [-0.15, -0.1) is 0 Å². The molecule has 0 aliphatic rings. The van der Waals surface area contributed by atoms with E-state index in [1.54, 1.807) is 37.3 Å². The lowest BCUT2D eigenvalue weighted by molar-refractivity contribution is -0.149. The molecular weight excluding hydrogens is 465 g/mol. The standard InChI is InChI=1S/C24H21Cl2N3O4/c1-15-18(25)13-27-22(21(15)26)29-20(30)14-33-24(32)19(12-16-8-4-2-5-9-16)28-23(31)17-10-6-3-7-11-17/h2-11,13,19H,12,14H2,1H3,(H,28,31)(H,27,29,30). The molecule has 1 unspecified atom stereocenters. The molecule has 0 fully saturated rings. The van der Waals surface area contributed by atoms with Gasteiger partial charge >= 0.3 is 5.97 Å². The highest BCUT2D eigenvalue weighted by atomic mass is 35.5. The van der Waals surface area contributed by atoms with Gasteiger partial charge in [-0.25, -0.2) is 9.78 Å². The minimum absolute atomic E-state index is 0.109. The summed E-state index contributed by atoms with van der Waals surface area (Å²) in [6, 6.07) is 16.7. The maximum atomic E-state index is 12.8. The molecule has 3 rings (SSSR count). The molecule has 0 spiro atoms. The average Bonchev–Trinajstić information content (AvgIpc) is 2.83. The van der Waals surface area contributed by atoms with Crippen LogP contribution in [0.5, 0.6) is 0 Å². The quantitative estimate of drug-likeness (QED) is 0.465. The number of hydrogen-bond donors (Lipinski definition) is 2. The molecule has 2 amide bonds. The monoisotopic (exact) mass is 485 g/mol. The summed E-state index contributed by atoms with van der Waals surface area (Å²) in [5.74, 6) is -1.69. The first kappa shape index (κ1) is 24.2. The van der Waals surface area contributed by atoms with E-state index in [1.165, 1.54) is 6.20 Å². The predicted octanol–water partition coefficient (Wildman–Crippen LogP) is 4.22. The number of halogens is 2. The minimum atomic E-state index is -0.993. The number of carbonyl (C=O) groups is 3. The largest absolute Gasteiger partial charge is 0.454 e. The maximum absolute atomic E-state index is 12.8. The van der Waals surface area contributed by atoms with Crippen molar-refractivity contribution in [1.82, 2.24) is 10.3 Å². The molecule has 2 aromatic carbocycles. The number of benzene rings is 2. The second-order valence-electron chi connectivity index (χ2n) is 7.13. The zero-order chi connectivity index (χ0) is 23.8. The van der Waals surface area contributed by atoms with Crippen molar-refractivity contribution in [3.8, 4) is 0 Å². The Morgan fingerprint density at radius 2 is 1.64 bits per heavy atom. The van der Waals surface area contributed by atoms with Crippen molar-refractivity contribution < 1.29 is 19.1 Å². The Morgan fingerprint density at radius 1 is 1.00 bits per heavy atom. The molecule has 0 bridgehead atoms. The summed E-state index contributed by atoms with van der Waals surface area (Å²) in [6.45, 7) is 1.11. The fraction of sp³-hybridized carbons (Fsp3) is 0.167. The molecule has 2 N–H and O–H groups in total. The first-order chi connectivity index (χ1) is 15.8. The smallest absolute Gasteiger partial charge is 0.329 e. The van der Waals surface area contributed by atoms with Gasteiger partial charge in [0.15, 0.2) is 12.4 Å². The lowest BCUT2D eigenvalue weighted by Crippen LogP contribution is -2.44. The van der Waals surface area contributed by atoms with E-state index in [0.29, 0.717) is 16.1 Å². The van der Waals surface area contributed by atoms with E-state index in [2.05, 4.69) is 15.6 Å². The van der Waals surface area contributed by atoms with Gasteiger partial charge < -0.3 is 15.4 Å². The number of esters is 1. The predicted molar refractivity (Wildman–Crippen MR) is 126 cm³/mol. The number of anilines is 1. The van der Waals surface area contributed by atoms with E-state index in [9.17, 15) is 14.4 Å². The van der Waals surface area contributed by atoms with Gasteiger partial charge in [-0.1, -0.05) is 71.7 Å². The molecule has 0 saturated heterocycles. The SMILES string of the molecule is Cc1c(Cl)cnc(NC(=O)COC(=O)C(Cc2ccccc2)NC(=O)c2ccccc2)c1Cl. The Balaban J connectivity index is 1.65. The first-order valence-electron chi connectivity index (χ1n) is 10.0. The molecule has 0 radical (unpaired) electrons. The van der Waals surface area contributed by atoms with Crippen LogP contribution in [0, 0.1) is 6.92 Å². The highest BCUT2D eigenvalue weighted by Crippen LogP contribution is 2.28. The van der Waals surface area contributed by atoms with Crippen LogP contribution in [-0.2, 0) is 20.7 Å². The van der Waals surface area contributed by atoms with Crippen molar-refractivity contribution in [2.24, 2.45) is 0 Å². The molecule has 170 valence electrons. The molecular formula is C24H21Cl2N3O4. The van der Waals surface area contributed by atoms with Crippen LogP contribution >= 0.6 is 23.2 Å². The van der Waals surface area contributed by atoms with Crippen molar-refractivity contribution in [3.05, 3.63) is 93.6 Å². The zero-order valence-electron chi connectivity index (χ0n) is 17.7. The topological polar surface area (TPSA) is 97.4 Å². The summed E-state index contributed by atoms with van der Waals surface area (Å²) < 4.78 is 5.18. The molecule has 0 aliphatic carbocycles. The van der Waals surface area contributed by atoms with E-state index >= 15 is 0 Å². The Kier molecular flexibility index (Phi) is 8.40. The Hall–Kier alpha value is -3.42. The van der Waals surface area contributed by atoms with Gasteiger partial charge in [-0.3, -0.25) is 9.59 Å². The van der Waals surface area contributed by atoms with E-state index in [4.69, 9.17) is 27.9 Å². The van der Waals surface area contributed by atoms with Crippen molar-refractivity contribution in [2.45, 2.75) is 19.4 Å². The number of nitrogens with one attached hydrogen (secondary N) is 2. The number of carbonyl (C=O) groups excluding carboxylic acids is 3. The lowest BCUT2D eigenvalue weighted by Gasteiger charge is -2.18. The zero-order valence-corrected chi connectivity index (χ0v) is 19.2. The summed E-state index contributed by atoms with van der Waals surface area (Å²) >= 11 is 12.1. The molecule has 3 aromatic rings. The third-order valence-corrected chi connectivity index (χ3v) is 5.56. The number of ether oxygens (including phenoxy) is 1. The van der Waals surface area contributed by atoms with E-state index in [1.807, 2.05) is 30.3 Å². The molecule has 1 heterocycles. The van der Waals surface area contributed by atoms with Gasteiger partial charge in [-0.05, 0) is 30.2 Å². The van der Waals surface area contributed by atoms with Crippen LogP contribution in [0.2, 0.25) is 10.0 Å². The minimum Gasteiger partial charge on any atom is -0.454 e. The van der Waals surface area contributed by atoms with Gasteiger partial charge in [0.2, 0.25) is 0 Å². The van der Waals surface area contributed by atoms with Crippen molar-refractivity contribution in [3.63, 3.8) is 0 Å². The Morgan fingerprint density at radius 3 is 2.30 bits per heavy atom. The average molecular weight is 486 g/mol. The third-order valence-electron chi connectivity index (χ3n) is 4.71. The number of amides is 2. The van der Waals surface area contributed by atoms with Crippen LogP contribution in [0.15, 0.2) is 66.9 Å². The third kappa shape index (κ3) is 6.78. The number of nitrogens with zero attached hydrogens (tertiary/aromatic N) is 1. The lowest BCUT2D eigenvalue weighted by atomic mass is 10.1. The van der Waals surface area contributed by atoms with Gasteiger partial charge in [0.1, 0.15) is 6.04 Å². The van der Waals surface area contributed by atoms with Crippen LogP contribution in [0.25, 0.3) is 0 Å². The van der Waals surface area contributed by atoms with Gasteiger partial charge in [-0.2, -0.15) is 0 Å². The van der Waals surface area contributed by atoms with Crippen LogP contribution in [-0.4, -0.2) is 35.4 Å². The summed E-state index contributed by atoms with van der Waals surface area (Å²) in [6.07, 6.45) is 1.56. The highest BCUT2D eigenvalue weighted by molar-refractivity contribution is 6.37. The van der Waals surface area contributed by atoms with Crippen LogP contribution in [0.4, 0.5) is 5.82 Å². The molecule has 1 aromatic heterocycles. The van der Waals surface area contributed by atoms with Crippen LogP contribution < -0.4 is 10.6 Å². The number of rotatable bonds is 8. The molecule has 0 aliphatic heterocycles. The summed E-state index contributed by atoms with van der Waals surface area (Å²) in [4.78, 5) is 41.6. The summed E-state index contributed by atoms with van der Waals surface area (Å²) in [7, 11) is 0. The maximum Gasteiger partial charge on any atom is 0.329 e. The number of pyridine rings is 1.